The van der Waals surface area contributed by atoms with E-state index in [0.717, 1.165) is 6.61 Å². The van der Waals surface area contributed by atoms with Crippen LogP contribution in [0.3, 0.4) is 0 Å². The van der Waals surface area contributed by atoms with E-state index in [4.69, 9.17) is 4.74 Å². The van der Waals surface area contributed by atoms with E-state index in [1.54, 1.807) is 7.11 Å². The van der Waals surface area contributed by atoms with Gasteiger partial charge in [-0.15, -0.1) is 0 Å². The molecule has 0 aliphatic carbocycles. The quantitative estimate of drug-likeness (QED) is 0.646. The average molecular weight is 163 g/mol. The fourth-order valence-corrected chi connectivity index (χ4v) is 0.496. The lowest BCUT2D eigenvalue weighted by Crippen LogP contribution is -1.85. The van der Waals surface area contributed by atoms with E-state index < -0.39 is 0 Å². The Morgan fingerprint density at radius 2 is 1.55 bits per heavy atom. The second-order valence-electron chi connectivity index (χ2n) is 1.70. The van der Waals surface area contributed by atoms with Gasteiger partial charge in [0, 0.05) is 13.7 Å². The van der Waals surface area contributed by atoms with Crippen molar-refractivity contribution in [1.82, 2.24) is 0 Å². The first-order valence-electron chi connectivity index (χ1n) is 4.48. The number of nitrogens with two attached hydrogens (primary N) is 1. The van der Waals surface area contributed by atoms with Crippen molar-refractivity contribution in [2.24, 2.45) is 5.73 Å². The number of unbranched alkanes of at least 4 members (excludes halogenated alkanes) is 2. The Balaban J connectivity index is -0.000000138. The van der Waals surface area contributed by atoms with Crippen molar-refractivity contribution >= 4 is 0 Å². The zero-order valence-electron chi connectivity index (χ0n) is 8.81. The van der Waals surface area contributed by atoms with Crippen molar-refractivity contribution in [2.45, 2.75) is 40.0 Å². The fourth-order valence-electron chi connectivity index (χ4n) is 0.496. The molecule has 0 saturated carbocycles. The SMILES string of the molecule is CC.CCCCCOC.CN. The van der Waals surface area contributed by atoms with Gasteiger partial charge in [0.25, 0.3) is 0 Å². The summed E-state index contributed by atoms with van der Waals surface area (Å²) in [5.74, 6) is 0. The molecule has 0 bridgehead atoms. The van der Waals surface area contributed by atoms with E-state index >= 15 is 0 Å². The summed E-state index contributed by atoms with van der Waals surface area (Å²) in [7, 11) is 3.25. The van der Waals surface area contributed by atoms with Gasteiger partial charge in [-0.1, -0.05) is 33.6 Å². The first-order valence-corrected chi connectivity index (χ1v) is 4.48. The van der Waals surface area contributed by atoms with Crippen molar-refractivity contribution in [2.75, 3.05) is 20.8 Å². The molecule has 2 N–H and O–H groups in total. The standard InChI is InChI=1S/C6H14O.C2H6.CH5N/c1-3-4-5-6-7-2;2*1-2/h3-6H2,1-2H3;1-2H3;2H2,1H3. The molecule has 0 unspecified atom stereocenters. The lowest BCUT2D eigenvalue weighted by molar-refractivity contribution is 0.192. The Morgan fingerprint density at radius 3 is 1.82 bits per heavy atom. The molecule has 2 heteroatoms. The highest BCUT2D eigenvalue weighted by molar-refractivity contribution is 4.32. The third-order valence-corrected chi connectivity index (χ3v) is 0.952. The molecule has 72 valence electrons. The minimum atomic E-state index is 0.924. The number of methoxy groups -OCH3 is 1. The van der Waals surface area contributed by atoms with Gasteiger partial charge in [0.1, 0.15) is 0 Å². The van der Waals surface area contributed by atoms with Crippen molar-refractivity contribution in [3.8, 4) is 0 Å². The van der Waals surface area contributed by atoms with E-state index in [9.17, 15) is 0 Å². The molecule has 2 nitrogen and oxygen atoms in total. The topological polar surface area (TPSA) is 35.2 Å². The lowest BCUT2D eigenvalue weighted by atomic mass is 10.3. The number of hydrogen-bond donors (Lipinski definition) is 1. The molecule has 0 saturated heterocycles. The van der Waals surface area contributed by atoms with Crippen LogP contribution in [-0.2, 0) is 4.74 Å². The summed E-state index contributed by atoms with van der Waals surface area (Å²) in [5.41, 5.74) is 4.50. The Morgan fingerprint density at radius 1 is 1.09 bits per heavy atom. The first-order chi connectivity index (χ1) is 5.41. The van der Waals surface area contributed by atoms with Crippen LogP contribution in [0.2, 0.25) is 0 Å². The van der Waals surface area contributed by atoms with E-state index in [1.807, 2.05) is 13.8 Å². The van der Waals surface area contributed by atoms with Gasteiger partial charge in [-0.25, -0.2) is 0 Å². The van der Waals surface area contributed by atoms with Gasteiger partial charge in [-0.2, -0.15) is 0 Å². The molecule has 0 spiro atoms. The molecule has 0 atom stereocenters. The van der Waals surface area contributed by atoms with Gasteiger partial charge in [0.2, 0.25) is 0 Å². The van der Waals surface area contributed by atoms with Crippen LogP contribution in [0.25, 0.3) is 0 Å². The highest BCUT2D eigenvalue weighted by atomic mass is 16.5. The fraction of sp³-hybridized carbons (Fsp3) is 1.00. The summed E-state index contributed by atoms with van der Waals surface area (Å²) in [6.45, 7) is 7.11. The molecule has 0 aromatic carbocycles. The van der Waals surface area contributed by atoms with E-state index in [0.29, 0.717) is 0 Å². The zero-order chi connectivity index (χ0) is 9.54. The van der Waals surface area contributed by atoms with Crippen molar-refractivity contribution in [1.29, 1.82) is 0 Å². The maximum absolute atomic E-state index is 4.84. The van der Waals surface area contributed by atoms with E-state index in [2.05, 4.69) is 12.7 Å². The molecule has 0 radical (unpaired) electrons. The van der Waals surface area contributed by atoms with Gasteiger partial charge >= 0.3 is 0 Å². The van der Waals surface area contributed by atoms with E-state index in [1.165, 1.54) is 26.3 Å². The van der Waals surface area contributed by atoms with Crippen LogP contribution in [-0.4, -0.2) is 20.8 Å². The summed E-state index contributed by atoms with van der Waals surface area (Å²) < 4.78 is 4.84. The van der Waals surface area contributed by atoms with Crippen molar-refractivity contribution < 1.29 is 4.74 Å². The maximum atomic E-state index is 4.84. The van der Waals surface area contributed by atoms with Crippen LogP contribution < -0.4 is 5.73 Å². The van der Waals surface area contributed by atoms with Crippen LogP contribution in [0, 0.1) is 0 Å². The summed E-state index contributed by atoms with van der Waals surface area (Å²) in [5, 5.41) is 0. The Labute approximate surface area is 72.1 Å². The van der Waals surface area contributed by atoms with Crippen LogP contribution in [0.4, 0.5) is 0 Å². The molecule has 0 aromatic rings. The van der Waals surface area contributed by atoms with Crippen molar-refractivity contribution in [3.05, 3.63) is 0 Å². The van der Waals surface area contributed by atoms with Crippen LogP contribution in [0.5, 0.6) is 0 Å². The summed E-state index contributed by atoms with van der Waals surface area (Å²) in [6, 6.07) is 0. The van der Waals surface area contributed by atoms with Gasteiger partial charge < -0.3 is 10.5 Å². The third kappa shape index (κ3) is 40.5. The first kappa shape index (κ1) is 17.1. The predicted molar refractivity (Wildman–Crippen MR) is 52.9 cm³/mol. The molecule has 0 amide bonds. The minimum Gasteiger partial charge on any atom is -0.385 e. The summed E-state index contributed by atoms with van der Waals surface area (Å²) >= 11 is 0. The highest BCUT2D eigenvalue weighted by Gasteiger charge is 1.79. The molecule has 0 aromatic heterocycles. The molecule has 0 heterocycles. The monoisotopic (exact) mass is 163 g/mol. The normalized spacial score (nSPS) is 7.09. The van der Waals surface area contributed by atoms with Gasteiger partial charge in [-0.3, -0.25) is 0 Å². The summed E-state index contributed by atoms with van der Waals surface area (Å²) in [4.78, 5) is 0. The second kappa shape index (κ2) is 32.6. The Bertz CT molecular complexity index is 28.7. The average Bonchev–Trinajstić information content (AvgIpc) is 2.13. The third-order valence-electron chi connectivity index (χ3n) is 0.952. The molecule has 11 heavy (non-hydrogen) atoms. The van der Waals surface area contributed by atoms with Crippen molar-refractivity contribution in [3.63, 3.8) is 0 Å². The van der Waals surface area contributed by atoms with E-state index in [-0.39, 0.29) is 0 Å². The number of hydrogen-bond acceptors (Lipinski definition) is 2. The Hall–Kier alpha value is -0.0800. The van der Waals surface area contributed by atoms with Crippen LogP contribution in [0.15, 0.2) is 0 Å². The van der Waals surface area contributed by atoms with Crippen LogP contribution >= 0.6 is 0 Å². The molecular weight excluding hydrogens is 138 g/mol. The predicted octanol–water partition coefficient (Wildman–Crippen LogP) is 2.42. The minimum absolute atomic E-state index is 0.924. The number of ether oxygens (including phenoxy) is 1. The lowest BCUT2D eigenvalue weighted by Gasteiger charge is -1.92. The smallest absolute Gasteiger partial charge is 0.0462 e. The highest BCUT2D eigenvalue weighted by Crippen LogP contribution is 1.91. The Kier molecular flexibility index (Phi) is 50.8. The molecule has 0 aliphatic rings. The second-order valence-corrected chi connectivity index (χ2v) is 1.70. The van der Waals surface area contributed by atoms with Gasteiger partial charge in [0.05, 0.1) is 0 Å². The molecular formula is C9H25NO. The maximum Gasteiger partial charge on any atom is 0.0462 e. The van der Waals surface area contributed by atoms with Gasteiger partial charge in [0.15, 0.2) is 0 Å². The molecule has 0 fully saturated rings. The van der Waals surface area contributed by atoms with Crippen LogP contribution in [0.1, 0.15) is 40.0 Å². The van der Waals surface area contributed by atoms with Gasteiger partial charge in [-0.05, 0) is 13.5 Å². The molecule has 0 rings (SSSR count). The summed E-state index contributed by atoms with van der Waals surface area (Å²) in [6.07, 6.45) is 3.80. The number of rotatable bonds is 4. The molecule has 0 aliphatic heterocycles. The largest absolute Gasteiger partial charge is 0.385 e. The zero-order valence-corrected chi connectivity index (χ0v) is 8.81.